The third-order valence-corrected chi connectivity index (χ3v) is 3.18. The summed E-state index contributed by atoms with van der Waals surface area (Å²) in [6.07, 6.45) is 0.371. The molecule has 0 saturated carbocycles. The Labute approximate surface area is 106 Å². The Morgan fingerprint density at radius 1 is 1.44 bits per heavy atom. The van der Waals surface area contributed by atoms with E-state index in [-0.39, 0.29) is 5.91 Å². The molecule has 1 rings (SSSR count). The number of carboxylic acid groups (broad SMARTS) is 1. The van der Waals surface area contributed by atoms with Gasteiger partial charge in [-0.15, -0.1) is 0 Å². The normalized spacial score (nSPS) is 12.3. The van der Waals surface area contributed by atoms with Crippen LogP contribution in [0.4, 0.5) is 0 Å². The third-order valence-electron chi connectivity index (χ3n) is 3.18. The zero-order valence-corrected chi connectivity index (χ0v) is 11.4. The topological polar surface area (TPSA) is 75.4 Å². The summed E-state index contributed by atoms with van der Waals surface area (Å²) in [4.78, 5) is 24.6. The standard InChI is InChI=1S/C12H19N3O3/c1-6-9(12(17)18)14(4)11(16)10-7(2)13-15(5)8(10)3/h9H,6H2,1-5H3,(H,17,18). The summed E-state index contributed by atoms with van der Waals surface area (Å²) < 4.78 is 1.62. The van der Waals surface area contributed by atoms with E-state index in [1.165, 1.54) is 11.9 Å². The maximum Gasteiger partial charge on any atom is 0.326 e. The van der Waals surface area contributed by atoms with Gasteiger partial charge in [-0.1, -0.05) is 6.92 Å². The minimum Gasteiger partial charge on any atom is -0.480 e. The molecule has 0 saturated heterocycles. The Kier molecular flexibility index (Phi) is 4.11. The van der Waals surface area contributed by atoms with Gasteiger partial charge in [-0.25, -0.2) is 4.79 Å². The van der Waals surface area contributed by atoms with Crippen molar-refractivity contribution in [1.82, 2.24) is 14.7 Å². The molecule has 1 heterocycles. The molecule has 6 nitrogen and oxygen atoms in total. The fourth-order valence-electron chi connectivity index (χ4n) is 2.02. The van der Waals surface area contributed by atoms with Crippen molar-refractivity contribution < 1.29 is 14.7 Å². The van der Waals surface area contributed by atoms with E-state index < -0.39 is 12.0 Å². The van der Waals surface area contributed by atoms with E-state index in [4.69, 9.17) is 5.11 Å². The number of aromatic nitrogens is 2. The van der Waals surface area contributed by atoms with Crippen molar-refractivity contribution in [2.24, 2.45) is 7.05 Å². The Balaban J connectivity index is 3.10. The van der Waals surface area contributed by atoms with Crippen molar-refractivity contribution in [2.75, 3.05) is 7.05 Å². The average Bonchev–Trinajstić information content (AvgIpc) is 2.52. The summed E-state index contributed by atoms with van der Waals surface area (Å²) in [7, 11) is 3.27. The number of aliphatic carboxylic acids is 1. The van der Waals surface area contributed by atoms with Crippen molar-refractivity contribution in [3.05, 3.63) is 17.0 Å². The largest absolute Gasteiger partial charge is 0.480 e. The molecule has 0 bridgehead atoms. The van der Waals surface area contributed by atoms with E-state index in [0.29, 0.717) is 17.7 Å². The highest BCUT2D eigenvalue weighted by atomic mass is 16.4. The molecule has 1 N–H and O–H groups in total. The summed E-state index contributed by atoms with van der Waals surface area (Å²) in [5, 5.41) is 13.2. The fraction of sp³-hybridized carbons (Fsp3) is 0.583. The number of likely N-dealkylation sites (N-methyl/N-ethyl adjacent to an activating group) is 1. The van der Waals surface area contributed by atoms with Crippen LogP contribution in [0.25, 0.3) is 0 Å². The second kappa shape index (κ2) is 5.20. The number of carboxylic acids is 1. The summed E-state index contributed by atoms with van der Waals surface area (Å²) in [5.74, 6) is -1.29. The van der Waals surface area contributed by atoms with Crippen LogP contribution in [0.5, 0.6) is 0 Å². The number of carbonyl (C=O) groups is 2. The number of hydrogen-bond acceptors (Lipinski definition) is 3. The molecule has 1 amide bonds. The molecule has 1 aromatic rings. The Morgan fingerprint density at radius 3 is 2.33 bits per heavy atom. The first-order valence-corrected chi connectivity index (χ1v) is 5.81. The van der Waals surface area contributed by atoms with Crippen LogP contribution in [0.1, 0.15) is 35.1 Å². The molecule has 0 radical (unpaired) electrons. The van der Waals surface area contributed by atoms with Crippen LogP contribution in [0.2, 0.25) is 0 Å². The van der Waals surface area contributed by atoms with Crippen LogP contribution >= 0.6 is 0 Å². The predicted molar refractivity (Wildman–Crippen MR) is 66.5 cm³/mol. The van der Waals surface area contributed by atoms with Crippen LogP contribution in [-0.2, 0) is 11.8 Å². The number of rotatable bonds is 4. The number of carbonyl (C=O) groups excluding carboxylic acids is 1. The maximum absolute atomic E-state index is 12.3. The van der Waals surface area contributed by atoms with Gasteiger partial charge >= 0.3 is 5.97 Å². The second-order valence-electron chi connectivity index (χ2n) is 4.35. The summed E-state index contributed by atoms with van der Waals surface area (Å²) in [6, 6.07) is -0.809. The number of amides is 1. The zero-order chi connectivity index (χ0) is 14.0. The molecule has 0 aliphatic rings. The monoisotopic (exact) mass is 253 g/mol. The highest BCUT2D eigenvalue weighted by molar-refractivity contribution is 5.98. The van der Waals surface area contributed by atoms with Gasteiger partial charge in [0.25, 0.3) is 5.91 Å². The van der Waals surface area contributed by atoms with Crippen LogP contribution in [0.3, 0.4) is 0 Å². The van der Waals surface area contributed by atoms with Gasteiger partial charge in [0.05, 0.1) is 11.3 Å². The number of nitrogens with zero attached hydrogens (tertiary/aromatic N) is 3. The molecular formula is C12H19N3O3. The second-order valence-corrected chi connectivity index (χ2v) is 4.35. The molecule has 0 fully saturated rings. The van der Waals surface area contributed by atoms with Crippen molar-refractivity contribution in [3.8, 4) is 0 Å². The molecule has 1 aromatic heterocycles. The molecule has 100 valence electrons. The number of aryl methyl sites for hydroxylation is 2. The van der Waals surface area contributed by atoms with Crippen LogP contribution in [0, 0.1) is 13.8 Å². The van der Waals surface area contributed by atoms with E-state index in [2.05, 4.69) is 5.10 Å². The molecule has 18 heavy (non-hydrogen) atoms. The van der Waals surface area contributed by atoms with Crippen molar-refractivity contribution >= 4 is 11.9 Å². The van der Waals surface area contributed by atoms with Crippen LogP contribution in [0.15, 0.2) is 0 Å². The first kappa shape index (κ1) is 14.2. The Morgan fingerprint density at radius 2 is 2.00 bits per heavy atom. The highest BCUT2D eigenvalue weighted by Crippen LogP contribution is 2.16. The average molecular weight is 253 g/mol. The van der Waals surface area contributed by atoms with Crippen LogP contribution < -0.4 is 0 Å². The lowest BCUT2D eigenvalue weighted by Crippen LogP contribution is -2.42. The highest BCUT2D eigenvalue weighted by Gasteiger charge is 2.28. The van der Waals surface area contributed by atoms with E-state index >= 15 is 0 Å². The van der Waals surface area contributed by atoms with E-state index in [9.17, 15) is 9.59 Å². The summed E-state index contributed by atoms with van der Waals surface area (Å²) in [6.45, 7) is 5.28. The molecule has 0 aromatic carbocycles. The third kappa shape index (κ3) is 2.37. The molecule has 1 atom stereocenters. The van der Waals surface area contributed by atoms with E-state index in [0.717, 1.165) is 5.69 Å². The van der Waals surface area contributed by atoms with Crippen molar-refractivity contribution in [2.45, 2.75) is 33.2 Å². The van der Waals surface area contributed by atoms with Crippen molar-refractivity contribution in [3.63, 3.8) is 0 Å². The quantitative estimate of drug-likeness (QED) is 0.867. The SMILES string of the molecule is CCC(C(=O)O)N(C)C(=O)c1c(C)nn(C)c1C. The van der Waals surface area contributed by atoms with Gasteiger partial charge in [0.1, 0.15) is 6.04 Å². The maximum atomic E-state index is 12.3. The molecule has 6 heteroatoms. The Bertz CT molecular complexity index is 479. The van der Waals surface area contributed by atoms with Gasteiger partial charge in [0.15, 0.2) is 0 Å². The molecule has 1 unspecified atom stereocenters. The molecule has 0 aliphatic heterocycles. The lowest BCUT2D eigenvalue weighted by molar-refractivity contribution is -0.142. The van der Waals surface area contributed by atoms with Gasteiger partial charge in [-0.2, -0.15) is 5.10 Å². The van der Waals surface area contributed by atoms with Gasteiger partial charge in [-0.3, -0.25) is 9.48 Å². The van der Waals surface area contributed by atoms with Gasteiger partial charge < -0.3 is 10.0 Å². The first-order chi connectivity index (χ1) is 8.31. The molecule has 0 aliphatic carbocycles. The van der Waals surface area contributed by atoms with Gasteiger partial charge in [-0.05, 0) is 20.3 Å². The van der Waals surface area contributed by atoms with Crippen molar-refractivity contribution in [1.29, 1.82) is 0 Å². The minimum absolute atomic E-state index is 0.299. The van der Waals surface area contributed by atoms with Gasteiger partial charge in [0.2, 0.25) is 0 Å². The smallest absolute Gasteiger partial charge is 0.326 e. The summed E-state index contributed by atoms with van der Waals surface area (Å²) in [5.41, 5.74) is 1.84. The zero-order valence-electron chi connectivity index (χ0n) is 11.4. The fourth-order valence-corrected chi connectivity index (χ4v) is 2.02. The predicted octanol–water partition coefficient (Wildman–Crippen LogP) is 0.972. The van der Waals surface area contributed by atoms with Gasteiger partial charge in [0, 0.05) is 19.8 Å². The first-order valence-electron chi connectivity index (χ1n) is 5.81. The summed E-state index contributed by atoms with van der Waals surface area (Å²) >= 11 is 0. The van der Waals surface area contributed by atoms with E-state index in [1.807, 2.05) is 0 Å². The van der Waals surface area contributed by atoms with Crippen LogP contribution in [-0.4, -0.2) is 44.8 Å². The lowest BCUT2D eigenvalue weighted by atomic mass is 10.1. The lowest BCUT2D eigenvalue weighted by Gasteiger charge is -2.23. The molecular weight excluding hydrogens is 234 g/mol. The molecule has 0 spiro atoms. The number of hydrogen-bond donors (Lipinski definition) is 1. The van der Waals surface area contributed by atoms with E-state index in [1.54, 1.807) is 32.5 Å². The Hall–Kier alpha value is -1.85. The minimum atomic E-state index is -0.993.